The monoisotopic (exact) mass is 345 g/mol. The molecule has 1 amide bonds. The highest BCUT2D eigenvalue weighted by Crippen LogP contribution is 2.38. The fourth-order valence-electron chi connectivity index (χ4n) is 3.02. The van der Waals surface area contributed by atoms with E-state index in [0.29, 0.717) is 12.3 Å². The van der Waals surface area contributed by atoms with E-state index in [4.69, 9.17) is 4.74 Å². The minimum Gasteiger partial charge on any atom is -0.495 e. The van der Waals surface area contributed by atoms with Gasteiger partial charge in [0.1, 0.15) is 11.6 Å². The Morgan fingerprint density at radius 1 is 1.25 bits per heavy atom. The number of methoxy groups -OCH3 is 1. The maximum atomic E-state index is 13.0. The number of amides is 1. The molecular weight excluding hydrogens is 325 g/mol. The first-order valence-corrected chi connectivity index (χ1v) is 8.94. The molecule has 3 rings (SSSR count). The van der Waals surface area contributed by atoms with Gasteiger partial charge in [-0.3, -0.25) is 4.79 Å². The number of anilines is 1. The molecule has 0 fully saturated rings. The average Bonchev–Trinajstić information content (AvgIpc) is 2.61. The van der Waals surface area contributed by atoms with Crippen LogP contribution in [0.2, 0.25) is 0 Å². The molecule has 1 aliphatic rings. The van der Waals surface area contributed by atoms with Crippen molar-refractivity contribution in [3.8, 4) is 5.75 Å². The quantitative estimate of drug-likeness (QED) is 0.777. The SMILES string of the molecule is COc1ccc(C)c2c1N(C(=O)CSc1ccc(F)cc1)CCC2. The van der Waals surface area contributed by atoms with Crippen molar-refractivity contribution in [3.05, 3.63) is 53.3 Å². The summed E-state index contributed by atoms with van der Waals surface area (Å²) in [5.74, 6) is 0.850. The van der Waals surface area contributed by atoms with Gasteiger partial charge in [-0.1, -0.05) is 6.07 Å². The number of rotatable bonds is 4. The Kier molecular flexibility index (Phi) is 5.09. The third kappa shape index (κ3) is 3.41. The zero-order valence-corrected chi connectivity index (χ0v) is 14.7. The van der Waals surface area contributed by atoms with Crippen LogP contribution in [0.1, 0.15) is 17.5 Å². The zero-order valence-electron chi connectivity index (χ0n) is 13.8. The van der Waals surface area contributed by atoms with E-state index in [1.807, 2.05) is 17.0 Å². The van der Waals surface area contributed by atoms with Gasteiger partial charge in [-0.25, -0.2) is 4.39 Å². The summed E-state index contributed by atoms with van der Waals surface area (Å²) in [6, 6.07) is 10.2. The minimum atomic E-state index is -0.268. The van der Waals surface area contributed by atoms with Crippen molar-refractivity contribution in [3.63, 3.8) is 0 Å². The zero-order chi connectivity index (χ0) is 17.1. The summed E-state index contributed by atoms with van der Waals surface area (Å²) in [6.07, 6.45) is 1.92. The third-order valence-electron chi connectivity index (χ3n) is 4.26. The standard InChI is InChI=1S/C19H20FNO2S/c1-13-5-10-17(23-2)19-16(13)4-3-11-21(19)18(22)12-24-15-8-6-14(20)7-9-15/h5-10H,3-4,11-12H2,1-2H3. The maximum Gasteiger partial charge on any atom is 0.237 e. The molecule has 2 aromatic rings. The van der Waals surface area contributed by atoms with Crippen molar-refractivity contribution in [1.29, 1.82) is 0 Å². The van der Waals surface area contributed by atoms with E-state index in [0.717, 1.165) is 29.2 Å². The molecule has 3 nitrogen and oxygen atoms in total. The van der Waals surface area contributed by atoms with Crippen LogP contribution in [0, 0.1) is 12.7 Å². The number of nitrogens with zero attached hydrogens (tertiary/aromatic N) is 1. The third-order valence-corrected chi connectivity index (χ3v) is 5.25. The number of aryl methyl sites for hydroxylation is 1. The van der Waals surface area contributed by atoms with Crippen molar-refractivity contribution in [2.75, 3.05) is 24.3 Å². The Morgan fingerprint density at radius 3 is 2.71 bits per heavy atom. The van der Waals surface area contributed by atoms with Gasteiger partial charge in [0.05, 0.1) is 18.6 Å². The molecule has 0 radical (unpaired) electrons. The second-order valence-electron chi connectivity index (χ2n) is 5.80. The lowest BCUT2D eigenvalue weighted by atomic mass is 9.96. The fourth-order valence-corrected chi connectivity index (χ4v) is 3.80. The van der Waals surface area contributed by atoms with E-state index in [9.17, 15) is 9.18 Å². The van der Waals surface area contributed by atoms with Crippen LogP contribution < -0.4 is 9.64 Å². The lowest BCUT2D eigenvalue weighted by Gasteiger charge is -2.32. The molecule has 1 heterocycles. The normalized spacial score (nSPS) is 13.5. The summed E-state index contributed by atoms with van der Waals surface area (Å²) in [6.45, 7) is 2.77. The molecule has 0 N–H and O–H groups in total. The van der Waals surface area contributed by atoms with Gasteiger partial charge in [-0.05, 0) is 61.2 Å². The summed E-state index contributed by atoms with van der Waals surface area (Å²) >= 11 is 1.42. The van der Waals surface area contributed by atoms with Crippen LogP contribution in [0.15, 0.2) is 41.3 Å². The molecule has 0 saturated carbocycles. The van der Waals surface area contributed by atoms with Gasteiger partial charge in [0, 0.05) is 11.4 Å². The number of ether oxygens (including phenoxy) is 1. The van der Waals surface area contributed by atoms with Gasteiger partial charge in [-0.2, -0.15) is 0 Å². The first-order valence-electron chi connectivity index (χ1n) is 7.95. The molecule has 0 aromatic heterocycles. The van der Waals surface area contributed by atoms with Crippen LogP contribution in [0.25, 0.3) is 0 Å². The van der Waals surface area contributed by atoms with E-state index < -0.39 is 0 Å². The Bertz CT molecular complexity index is 746. The molecule has 5 heteroatoms. The molecule has 0 aliphatic carbocycles. The molecule has 0 spiro atoms. The van der Waals surface area contributed by atoms with Gasteiger partial charge < -0.3 is 9.64 Å². The van der Waals surface area contributed by atoms with Gasteiger partial charge in [0.15, 0.2) is 0 Å². The van der Waals surface area contributed by atoms with Crippen LogP contribution in [-0.4, -0.2) is 25.3 Å². The second-order valence-corrected chi connectivity index (χ2v) is 6.85. The van der Waals surface area contributed by atoms with Crippen molar-refractivity contribution in [2.45, 2.75) is 24.7 Å². The van der Waals surface area contributed by atoms with Gasteiger partial charge in [-0.15, -0.1) is 11.8 Å². The van der Waals surface area contributed by atoms with Gasteiger partial charge in [0.2, 0.25) is 5.91 Å². The molecule has 0 saturated heterocycles. The predicted molar refractivity (Wildman–Crippen MR) is 95.5 cm³/mol. The molecule has 0 atom stereocenters. The van der Waals surface area contributed by atoms with E-state index in [-0.39, 0.29) is 11.7 Å². The Morgan fingerprint density at radius 2 is 2.00 bits per heavy atom. The lowest BCUT2D eigenvalue weighted by Crippen LogP contribution is -2.37. The fraction of sp³-hybridized carbons (Fsp3) is 0.316. The topological polar surface area (TPSA) is 29.5 Å². The Labute approximate surface area is 145 Å². The van der Waals surface area contributed by atoms with E-state index in [1.54, 1.807) is 19.2 Å². The van der Waals surface area contributed by atoms with Crippen molar-refractivity contribution < 1.29 is 13.9 Å². The van der Waals surface area contributed by atoms with E-state index in [2.05, 4.69) is 6.92 Å². The average molecular weight is 345 g/mol. The summed E-state index contributed by atoms with van der Waals surface area (Å²) < 4.78 is 18.4. The molecule has 24 heavy (non-hydrogen) atoms. The first kappa shape index (κ1) is 16.8. The van der Waals surface area contributed by atoms with Crippen LogP contribution in [0.3, 0.4) is 0 Å². The smallest absolute Gasteiger partial charge is 0.237 e. The summed E-state index contributed by atoms with van der Waals surface area (Å²) in [4.78, 5) is 15.5. The lowest BCUT2D eigenvalue weighted by molar-refractivity contribution is -0.116. The second kappa shape index (κ2) is 7.26. The van der Waals surface area contributed by atoms with Gasteiger partial charge >= 0.3 is 0 Å². The van der Waals surface area contributed by atoms with Crippen LogP contribution in [-0.2, 0) is 11.2 Å². The largest absolute Gasteiger partial charge is 0.495 e. The highest BCUT2D eigenvalue weighted by Gasteiger charge is 2.27. The highest BCUT2D eigenvalue weighted by molar-refractivity contribution is 8.00. The number of carbonyl (C=O) groups excluding carboxylic acids is 1. The molecule has 1 aliphatic heterocycles. The number of hydrogen-bond donors (Lipinski definition) is 0. The van der Waals surface area contributed by atoms with Crippen LogP contribution in [0.4, 0.5) is 10.1 Å². The predicted octanol–water partition coefficient (Wildman–Crippen LogP) is 4.21. The molecule has 0 bridgehead atoms. The van der Waals surface area contributed by atoms with E-state index >= 15 is 0 Å². The molecular formula is C19H20FNO2S. The van der Waals surface area contributed by atoms with E-state index in [1.165, 1.54) is 35.0 Å². The number of halogens is 1. The maximum absolute atomic E-state index is 13.0. The van der Waals surface area contributed by atoms with Crippen molar-refractivity contribution in [2.24, 2.45) is 0 Å². The Hall–Kier alpha value is -2.01. The summed E-state index contributed by atoms with van der Waals surface area (Å²) in [5.41, 5.74) is 3.30. The van der Waals surface area contributed by atoms with Gasteiger partial charge in [0.25, 0.3) is 0 Å². The first-order chi connectivity index (χ1) is 11.6. The van der Waals surface area contributed by atoms with Crippen molar-refractivity contribution in [1.82, 2.24) is 0 Å². The number of hydrogen-bond acceptors (Lipinski definition) is 3. The van der Waals surface area contributed by atoms with Crippen LogP contribution in [0.5, 0.6) is 5.75 Å². The molecule has 2 aromatic carbocycles. The minimum absolute atomic E-state index is 0.0502. The number of fused-ring (bicyclic) bond motifs is 1. The summed E-state index contributed by atoms with van der Waals surface area (Å²) in [7, 11) is 1.63. The van der Waals surface area contributed by atoms with Crippen LogP contribution >= 0.6 is 11.8 Å². The number of thioether (sulfide) groups is 1. The molecule has 0 unspecified atom stereocenters. The number of benzene rings is 2. The highest BCUT2D eigenvalue weighted by atomic mass is 32.2. The molecule has 126 valence electrons. The Balaban J connectivity index is 1.79. The summed E-state index contributed by atoms with van der Waals surface area (Å²) in [5, 5.41) is 0. The van der Waals surface area contributed by atoms with Crippen molar-refractivity contribution >= 4 is 23.4 Å². The number of carbonyl (C=O) groups is 1.